The number of nitrogens with one attached hydrogen (secondary N) is 1. The van der Waals surface area contributed by atoms with E-state index >= 15 is 0 Å². The standard InChI is InChI=1S/C26H24N4O4/c1-2-15-34-23-13-9-20(10-14-23)26(31)28-27-16-21-18-29(25-6-4-3-5-24(21)25)17-19-7-11-22(12-8-19)30(32)33/h3-14,16,18H,2,15,17H2,1H3,(H,28,31)/b27-16-. The van der Waals surface area contributed by atoms with Gasteiger partial charge < -0.3 is 9.30 Å². The van der Waals surface area contributed by atoms with Gasteiger partial charge in [-0.05, 0) is 42.3 Å². The van der Waals surface area contributed by atoms with Crippen molar-refractivity contribution in [1.82, 2.24) is 9.99 Å². The Morgan fingerprint density at radius 3 is 2.53 bits per heavy atom. The fourth-order valence-electron chi connectivity index (χ4n) is 3.58. The van der Waals surface area contributed by atoms with Crippen molar-refractivity contribution in [2.24, 2.45) is 5.10 Å². The number of amides is 1. The maximum absolute atomic E-state index is 12.4. The van der Waals surface area contributed by atoms with Gasteiger partial charge in [-0.3, -0.25) is 14.9 Å². The number of para-hydroxylation sites is 1. The van der Waals surface area contributed by atoms with Crippen molar-refractivity contribution >= 4 is 28.7 Å². The molecule has 1 heterocycles. The van der Waals surface area contributed by atoms with Gasteiger partial charge in [-0.25, -0.2) is 5.43 Å². The molecule has 4 aromatic rings. The molecule has 1 aromatic heterocycles. The first kappa shape index (κ1) is 22.7. The Kier molecular flexibility index (Phi) is 6.98. The summed E-state index contributed by atoms with van der Waals surface area (Å²) in [5.41, 5.74) is 5.90. The van der Waals surface area contributed by atoms with Crippen molar-refractivity contribution in [3.05, 3.63) is 106 Å². The van der Waals surface area contributed by atoms with E-state index in [2.05, 4.69) is 15.1 Å². The van der Waals surface area contributed by atoms with Crippen molar-refractivity contribution in [2.45, 2.75) is 19.9 Å². The van der Waals surface area contributed by atoms with E-state index in [0.29, 0.717) is 18.7 Å². The minimum absolute atomic E-state index is 0.0628. The first-order valence-electron chi connectivity index (χ1n) is 10.9. The number of aromatic nitrogens is 1. The molecule has 0 aliphatic heterocycles. The van der Waals surface area contributed by atoms with E-state index in [1.807, 2.05) is 37.4 Å². The second-order valence-electron chi connectivity index (χ2n) is 7.73. The van der Waals surface area contributed by atoms with Crippen LogP contribution in [0.3, 0.4) is 0 Å². The number of non-ortho nitro benzene ring substituents is 1. The predicted molar refractivity (Wildman–Crippen MR) is 131 cm³/mol. The van der Waals surface area contributed by atoms with Crippen molar-refractivity contribution in [1.29, 1.82) is 0 Å². The van der Waals surface area contributed by atoms with Crippen molar-refractivity contribution in [3.63, 3.8) is 0 Å². The van der Waals surface area contributed by atoms with Gasteiger partial charge in [0.05, 0.1) is 17.7 Å². The Labute approximate surface area is 196 Å². The molecule has 1 amide bonds. The van der Waals surface area contributed by atoms with Crippen LogP contribution in [0.15, 0.2) is 84.1 Å². The molecule has 3 aromatic carbocycles. The molecule has 172 valence electrons. The number of rotatable bonds is 9. The van der Waals surface area contributed by atoms with Gasteiger partial charge in [0, 0.05) is 46.9 Å². The number of hydrogen-bond donors (Lipinski definition) is 1. The maximum atomic E-state index is 12.4. The lowest BCUT2D eigenvalue weighted by Gasteiger charge is -2.05. The van der Waals surface area contributed by atoms with Crippen LogP contribution in [0.5, 0.6) is 5.75 Å². The Bertz CT molecular complexity index is 1330. The summed E-state index contributed by atoms with van der Waals surface area (Å²) in [5, 5.41) is 16.0. The first-order chi connectivity index (χ1) is 16.5. The van der Waals surface area contributed by atoms with Crippen LogP contribution in [0.25, 0.3) is 10.9 Å². The summed E-state index contributed by atoms with van der Waals surface area (Å²) in [5.74, 6) is 0.413. The number of nitrogens with zero attached hydrogens (tertiary/aromatic N) is 3. The van der Waals surface area contributed by atoms with Crippen LogP contribution in [0.2, 0.25) is 0 Å². The summed E-state index contributed by atoms with van der Waals surface area (Å²) in [6, 6.07) is 21.3. The van der Waals surface area contributed by atoms with E-state index in [0.717, 1.165) is 34.2 Å². The average Bonchev–Trinajstić information content (AvgIpc) is 3.20. The van der Waals surface area contributed by atoms with Crippen LogP contribution in [-0.2, 0) is 6.54 Å². The van der Waals surface area contributed by atoms with Crippen LogP contribution < -0.4 is 10.2 Å². The zero-order chi connectivity index (χ0) is 23.9. The third-order valence-corrected chi connectivity index (χ3v) is 5.28. The van der Waals surface area contributed by atoms with Gasteiger partial charge in [0.25, 0.3) is 11.6 Å². The van der Waals surface area contributed by atoms with E-state index in [-0.39, 0.29) is 11.6 Å². The molecule has 0 saturated carbocycles. The molecule has 0 aliphatic rings. The maximum Gasteiger partial charge on any atom is 0.271 e. The predicted octanol–water partition coefficient (Wildman–Crippen LogP) is 5.15. The van der Waals surface area contributed by atoms with Crippen molar-refractivity contribution in [3.8, 4) is 5.75 Å². The zero-order valence-corrected chi connectivity index (χ0v) is 18.7. The largest absolute Gasteiger partial charge is 0.494 e. The van der Waals surface area contributed by atoms with E-state index in [1.54, 1.807) is 42.6 Å². The van der Waals surface area contributed by atoms with Gasteiger partial charge in [0.15, 0.2) is 0 Å². The molecule has 8 heteroatoms. The molecule has 0 radical (unpaired) electrons. The molecule has 0 atom stereocenters. The summed E-state index contributed by atoms with van der Waals surface area (Å²) >= 11 is 0. The zero-order valence-electron chi connectivity index (χ0n) is 18.7. The summed E-state index contributed by atoms with van der Waals surface area (Å²) in [6.07, 6.45) is 4.48. The van der Waals surface area contributed by atoms with Gasteiger partial charge in [0.1, 0.15) is 5.75 Å². The molecular formula is C26H24N4O4. The number of nitro groups is 1. The first-order valence-corrected chi connectivity index (χ1v) is 10.9. The second kappa shape index (κ2) is 10.4. The highest BCUT2D eigenvalue weighted by atomic mass is 16.6. The van der Waals surface area contributed by atoms with E-state index in [9.17, 15) is 14.9 Å². The number of ether oxygens (including phenoxy) is 1. The van der Waals surface area contributed by atoms with Crippen molar-refractivity contribution in [2.75, 3.05) is 6.61 Å². The molecule has 1 N–H and O–H groups in total. The molecule has 0 aliphatic carbocycles. The second-order valence-corrected chi connectivity index (χ2v) is 7.73. The molecule has 0 spiro atoms. The number of carbonyl (C=O) groups excluding carboxylic acids is 1. The highest BCUT2D eigenvalue weighted by Gasteiger charge is 2.10. The summed E-state index contributed by atoms with van der Waals surface area (Å²) in [7, 11) is 0. The molecule has 4 rings (SSSR count). The van der Waals surface area contributed by atoms with Crippen LogP contribution in [0, 0.1) is 10.1 Å². The van der Waals surface area contributed by atoms with Crippen molar-refractivity contribution < 1.29 is 14.5 Å². The van der Waals surface area contributed by atoms with E-state index in [4.69, 9.17) is 4.74 Å². The Morgan fingerprint density at radius 2 is 1.82 bits per heavy atom. The van der Waals surface area contributed by atoms with Gasteiger partial charge in [-0.1, -0.05) is 37.3 Å². The molecule has 34 heavy (non-hydrogen) atoms. The normalized spacial score (nSPS) is 11.1. The quantitative estimate of drug-likeness (QED) is 0.214. The highest BCUT2D eigenvalue weighted by Crippen LogP contribution is 2.22. The Hall–Kier alpha value is -4.46. The van der Waals surface area contributed by atoms with Gasteiger partial charge in [0.2, 0.25) is 0 Å². The van der Waals surface area contributed by atoms with Gasteiger partial charge in [-0.2, -0.15) is 5.10 Å². The number of hydrazone groups is 1. The number of hydrogen-bond acceptors (Lipinski definition) is 5. The number of nitro benzene ring substituents is 1. The van der Waals surface area contributed by atoms with Crippen LogP contribution in [0.4, 0.5) is 5.69 Å². The smallest absolute Gasteiger partial charge is 0.271 e. The van der Waals surface area contributed by atoms with E-state index < -0.39 is 4.92 Å². The number of carbonyl (C=O) groups is 1. The lowest BCUT2D eigenvalue weighted by molar-refractivity contribution is -0.384. The lowest BCUT2D eigenvalue weighted by Crippen LogP contribution is -2.17. The topological polar surface area (TPSA) is 98.8 Å². The summed E-state index contributed by atoms with van der Waals surface area (Å²) < 4.78 is 7.59. The third-order valence-electron chi connectivity index (χ3n) is 5.28. The fourth-order valence-corrected chi connectivity index (χ4v) is 3.58. The van der Waals surface area contributed by atoms with Gasteiger partial charge in [-0.15, -0.1) is 0 Å². The van der Waals surface area contributed by atoms with Crippen LogP contribution in [-0.4, -0.2) is 28.2 Å². The van der Waals surface area contributed by atoms with E-state index in [1.165, 1.54) is 12.1 Å². The minimum atomic E-state index is -0.410. The van der Waals surface area contributed by atoms with Crippen LogP contribution >= 0.6 is 0 Å². The molecule has 0 saturated heterocycles. The van der Waals surface area contributed by atoms with Gasteiger partial charge >= 0.3 is 0 Å². The highest BCUT2D eigenvalue weighted by molar-refractivity contribution is 6.00. The fraction of sp³-hybridized carbons (Fsp3) is 0.154. The summed E-state index contributed by atoms with van der Waals surface area (Å²) in [4.78, 5) is 22.9. The number of fused-ring (bicyclic) bond motifs is 1. The Morgan fingerprint density at radius 1 is 1.09 bits per heavy atom. The molecule has 0 unspecified atom stereocenters. The lowest BCUT2D eigenvalue weighted by atomic mass is 10.2. The molecular weight excluding hydrogens is 432 g/mol. The molecule has 0 bridgehead atoms. The SMILES string of the molecule is CCCOc1ccc(C(=O)N/N=C\c2cn(Cc3ccc([N+](=O)[O-])cc3)c3ccccc23)cc1. The molecule has 8 nitrogen and oxygen atoms in total. The average molecular weight is 457 g/mol. The molecule has 0 fully saturated rings. The summed E-state index contributed by atoms with van der Waals surface area (Å²) in [6.45, 7) is 3.21. The monoisotopic (exact) mass is 456 g/mol. The minimum Gasteiger partial charge on any atom is -0.494 e. The van der Waals surface area contributed by atoms with Crippen LogP contribution in [0.1, 0.15) is 34.8 Å². The Balaban J connectivity index is 1.47. The number of benzene rings is 3. The third kappa shape index (κ3) is 5.29.